The highest BCUT2D eigenvalue weighted by Crippen LogP contribution is 2.28. The van der Waals surface area contributed by atoms with Crippen molar-refractivity contribution in [2.24, 2.45) is 0 Å². The molecule has 0 spiro atoms. The van der Waals surface area contributed by atoms with Crippen LogP contribution in [0.5, 0.6) is 17.2 Å². The monoisotopic (exact) mass is 421 g/mol. The quantitative estimate of drug-likeness (QED) is 0.629. The number of hydrogen-bond acceptors (Lipinski definition) is 4. The summed E-state index contributed by atoms with van der Waals surface area (Å²) in [6.07, 6.45) is 0.703. The highest BCUT2D eigenvalue weighted by molar-refractivity contribution is 9.10. The largest absolute Gasteiger partial charge is 0.490 e. The van der Waals surface area contributed by atoms with Crippen LogP contribution >= 0.6 is 15.9 Å². The number of amides is 1. The average Bonchev–Trinajstić information content (AvgIpc) is 2.62. The minimum atomic E-state index is -0.152. The predicted molar refractivity (Wildman–Crippen MR) is 105 cm³/mol. The molecule has 1 amide bonds. The van der Waals surface area contributed by atoms with Gasteiger partial charge in [-0.05, 0) is 56.2 Å². The third kappa shape index (κ3) is 6.59. The minimum Gasteiger partial charge on any atom is -0.490 e. The van der Waals surface area contributed by atoms with E-state index in [0.717, 1.165) is 21.5 Å². The van der Waals surface area contributed by atoms with Crippen LogP contribution in [0.4, 0.5) is 0 Å². The Morgan fingerprint density at radius 3 is 2.50 bits per heavy atom. The molecule has 6 heteroatoms. The van der Waals surface area contributed by atoms with Gasteiger partial charge in [0, 0.05) is 11.0 Å². The first-order chi connectivity index (χ1) is 12.6. The minimum absolute atomic E-state index is 0.00999. The van der Waals surface area contributed by atoms with Gasteiger partial charge in [-0.2, -0.15) is 0 Å². The molecule has 0 unspecified atom stereocenters. The van der Waals surface area contributed by atoms with Crippen LogP contribution in [0, 0.1) is 0 Å². The lowest BCUT2D eigenvalue weighted by molar-refractivity contribution is -0.123. The molecule has 0 saturated heterocycles. The maximum atomic E-state index is 11.9. The van der Waals surface area contributed by atoms with E-state index in [1.807, 2.05) is 56.3 Å². The molecule has 0 aliphatic heterocycles. The Balaban J connectivity index is 1.79. The van der Waals surface area contributed by atoms with Gasteiger partial charge in [0.05, 0.1) is 13.2 Å². The zero-order chi connectivity index (χ0) is 18.8. The predicted octanol–water partition coefficient (Wildman–Crippen LogP) is 3.98. The van der Waals surface area contributed by atoms with Crippen molar-refractivity contribution in [1.29, 1.82) is 0 Å². The Kier molecular flexibility index (Phi) is 8.28. The van der Waals surface area contributed by atoms with Crippen molar-refractivity contribution in [3.05, 3.63) is 52.5 Å². The van der Waals surface area contributed by atoms with Crippen molar-refractivity contribution in [2.75, 3.05) is 26.4 Å². The first-order valence-corrected chi connectivity index (χ1v) is 9.45. The Morgan fingerprint density at radius 1 is 1.00 bits per heavy atom. The highest BCUT2D eigenvalue weighted by atomic mass is 79.9. The Bertz CT molecular complexity index is 721. The van der Waals surface area contributed by atoms with E-state index in [0.29, 0.717) is 31.9 Å². The lowest BCUT2D eigenvalue weighted by atomic mass is 10.1. The molecule has 0 aromatic heterocycles. The zero-order valence-electron chi connectivity index (χ0n) is 15.1. The molecule has 5 nitrogen and oxygen atoms in total. The van der Waals surface area contributed by atoms with Crippen molar-refractivity contribution < 1.29 is 19.0 Å². The molecule has 0 heterocycles. The van der Waals surface area contributed by atoms with Gasteiger partial charge in [0.25, 0.3) is 5.91 Å². The molecule has 2 aromatic rings. The standard InChI is InChI=1S/C20H24BrNO4/c1-3-24-18-9-8-15(12-19(18)25-4-2)10-11-22-20(23)14-26-17-7-5-6-16(21)13-17/h5-9,12-13H,3-4,10-11,14H2,1-2H3,(H,22,23). The number of halogens is 1. The summed E-state index contributed by atoms with van der Waals surface area (Å²) in [7, 11) is 0. The molecule has 2 aromatic carbocycles. The van der Waals surface area contributed by atoms with Gasteiger partial charge in [-0.3, -0.25) is 4.79 Å². The molecular formula is C20H24BrNO4. The molecule has 0 radical (unpaired) electrons. The second-order valence-corrected chi connectivity index (χ2v) is 6.41. The summed E-state index contributed by atoms with van der Waals surface area (Å²) in [4.78, 5) is 11.9. The summed E-state index contributed by atoms with van der Waals surface area (Å²) < 4.78 is 17.6. The maximum Gasteiger partial charge on any atom is 0.257 e. The van der Waals surface area contributed by atoms with E-state index in [1.54, 1.807) is 0 Å². The molecule has 0 bridgehead atoms. The van der Waals surface area contributed by atoms with E-state index in [4.69, 9.17) is 14.2 Å². The van der Waals surface area contributed by atoms with Crippen molar-refractivity contribution in [2.45, 2.75) is 20.3 Å². The zero-order valence-corrected chi connectivity index (χ0v) is 16.7. The van der Waals surface area contributed by atoms with Gasteiger partial charge >= 0.3 is 0 Å². The Morgan fingerprint density at radius 2 is 1.77 bits per heavy atom. The van der Waals surface area contributed by atoms with Crippen LogP contribution in [-0.2, 0) is 11.2 Å². The molecule has 26 heavy (non-hydrogen) atoms. The van der Waals surface area contributed by atoms with E-state index in [2.05, 4.69) is 21.2 Å². The van der Waals surface area contributed by atoms with E-state index in [-0.39, 0.29) is 12.5 Å². The van der Waals surface area contributed by atoms with Gasteiger partial charge in [-0.25, -0.2) is 0 Å². The summed E-state index contributed by atoms with van der Waals surface area (Å²) >= 11 is 3.37. The van der Waals surface area contributed by atoms with E-state index >= 15 is 0 Å². The smallest absolute Gasteiger partial charge is 0.257 e. The average molecular weight is 422 g/mol. The molecule has 0 atom stereocenters. The van der Waals surface area contributed by atoms with E-state index in [9.17, 15) is 4.79 Å². The van der Waals surface area contributed by atoms with Gasteiger partial charge < -0.3 is 19.5 Å². The summed E-state index contributed by atoms with van der Waals surface area (Å²) in [6.45, 7) is 5.56. The normalized spacial score (nSPS) is 10.3. The third-order valence-electron chi connectivity index (χ3n) is 3.51. The van der Waals surface area contributed by atoms with Gasteiger partial charge in [0.2, 0.25) is 0 Å². The first-order valence-electron chi connectivity index (χ1n) is 8.66. The van der Waals surface area contributed by atoms with Gasteiger partial charge in [0.1, 0.15) is 5.75 Å². The molecule has 0 saturated carbocycles. The van der Waals surface area contributed by atoms with Crippen LogP contribution in [0.3, 0.4) is 0 Å². The second-order valence-electron chi connectivity index (χ2n) is 5.49. The van der Waals surface area contributed by atoms with Crippen molar-refractivity contribution in [3.63, 3.8) is 0 Å². The number of hydrogen-bond donors (Lipinski definition) is 1. The highest BCUT2D eigenvalue weighted by Gasteiger charge is 2.07. The van der Waals surface area contributed by atoms with Gasteiger partial charge in [-0.15, -0.1) is 0 Å². The fourth-order valence-electron chi connectivity index (χ4n) is 2.35. The number of nitrogens with one attached hydrogen (secondary N) is 1. The Hall–Kier alpha value is -2.21. The first kappa shape index (κ1) is 20.1. The Labute approximate surface area is 162 Å². The molecule has 1 N–H and O–H groups in total. The number of rotatable bonds is 10. The van der Waals surface area contributed by atoms with Gasteiger partial charge in [-0.1, -0.05) is 28.1 Å². The molecule has 0 fully saturated rings. The van der Waals surface area contributed by atoms with Crippen molar-refractivity contribution in [1.82, 2.24) is 5.32 Å². The maximum absolute atomic E-state index is 11.9. The van der Waals surface area contributed by atoms with Crippen LogP contribution in [0.25, 0.3) is 0 Å². The summed E-state index contributed by atoms with van der Waals surface area (Å²) in [5, 5.41) is 2.86. The number of carbonyl (C=O) groups excluding carboxylic acids is 1. The lowest BCUT2D eigenvalue weighted by Crippen LogP contribution is -2.30. The van der Waals surface area contributed by atoms with E-state index in [1.165, 1.54) is 0 Å². The number of ether oxygens (including phenoxy) is 3. The summed E-state index contributed by atoms with van der Waals surface area (Å²) in [5.74, 6) is 1.98. The van der Waals surface area contributed by atoms with Crippen molar-refractivity contribution in [3.8, 4) is 17.2 Å². The third-order valence-corrected chi connectivity index (χ3v) is 4.00. The van der Waals surface area contributed by atoms with Crippen LogP contribution < -0.4 is 19.5 Å². The van der Waals surface area contributed by atoms with Crippen LogP contribution in [0.1, 0.15) is 19.4 Å². The fraction of sp³-hybridized carbons (Fsp3) is 0.350. The van der Waals surface area contributed by atoms with Crippen LogP contribution in [0.2, 0.25) is 0 Å². The van der Waals surface area contributed by atoms with Crippen LogP contribution in [-0.4, -0.2) is 32.3 Å². The van der Waals surface area contributed by atoms with Crippen molar-refractivity contribution >= 4 is 21.8 Å². The molecule has 2 rings (SSSR count). The summed E-state index contributed by atoms with van der Waals surface area (Å²) in [6, 6.07) is 13.2. The number of benzene rings is 2. The topological polar surface area (TPSA) is 56.8 Å². The molecule has 140 valence electrons. The SMILES string of the molecule is CCOc1ccc(CCNC(=O)COc2cccc(Br)c2)cc1OCC. The molecule has 0 aliphatic carbocycles. The molecular weight excluding hydrogens is 398 g/mol. The number of carbonyl (C=O) groups is 1. The molecule has 0 aliphatic rings. The summed E-state index contributed by atoms with van der Waals surface area (Å²) in [5.41, 5.74) is 1.07. The second kappa shape index (κ2) is 10.7. The van der Waals surface area contributed by atoms with Crippen LogP contribution in [0.15, 0.2) is 46.9 Å². The fourth-order valence-corrected chi connectivity index (χ4v) is 2.73. The van der Waals surface area contributed by atoms with Gasteiger partial charge in [0.15, 0.2) is 18.1 Å². The van der Waals surface area contributed by atoms with E-state index < -0.39 is 0 Å². The lowest BCUT2D eigenvalue weighted by Gasteiger charge is -2.13.